The van der Waals surface area contributed by atoms with Crippen LogP contribution in [-0.2, 0) is 25.8 Å². The van der Waals surface area contributed by atoms with Crippen LogP contribution in [0.2, 0.25) is 0 Å². The van der Waals surface area contributed by atoms with E-state index in [1.807, 2.05) is 0 Å². The van der Waals surface area contributed by atoms with Crippen molar-refractivity contribution in [1.29, 1.82) is 0 Å². The van der Waals surface area contributed by atoms with Crippen LogP contribution in [0.15, 0.2) is 35.5 Å². The Morgan fingerprint density at radius 2 is 1.24 bits per heavy atom. The maximum Gasteiger partial charge on any atom is 0 e. The molecule has 0 aromatic rings. The Hall–Kier alpha value is 0.410. The van der Waals surface area contributed by atoms with Crippen molar-refractivity contribution in [1.82, 2.24) is 0 Å². The summed E-state index contributed by atoms with van der Waals surface area (Å²) in [6, 6.07) is 0. The summed E-state index contributed by atoms with van der Waals surface area (Å²) in [6.45, 7) is 4.32. The number of rotatable bonds is 2. The molecule has 0 aliphatic heterocycles. The van der Waals surface area contributed by atoms with Crippen LogP contribution in [0, 0.1) is 12.2 Å². The van der Waals surface area contributed by atoms with Gasteiger partial charge in [-0.05, 0) is 37.8 Å². The minimum absolute atomic E-state index is 0. The molecule has 0 saturated heterocycles. The van der Waals surface area contributed by atoms with Crippen LogP contribution >= 0.6 is 0 Å². The maximum absolute atomic E-state index is 3.11. The summed E-state index contributed by atoms with van der Waals surface area (Å²) in [6.07, 6.45) is 19.1. The van der Waals surface area contributed by atoms with Crippen molar-refractivity contribution in [3.8, 4) is 0 Å². The van der Waals surface area contributed by atoms with Gasteiger partial charge in [0.05, 0.1) is 0 Å². The van der Waals surface area contributed by atoms with E-state index in [1.54, 1.807) is 0 Å². The monoisotopic (exact) mass is 436 g/mol. The molecule has 0 spiro atoms. The van der Waals surface area contributed by atoms with Gasteiger partial charge in [0.1, 0.15) is 0 Å². The zero-order valence-electron chi connectivity index (χ0n) is 10.4. The normalized spacial score (nSPS) is 14.5. The molecule has 2 rings (SSSR count). The second kappa shape index (κ2) is 14.5. The van der Waals surface area contributed by atoms with Gasteiger partial charge >= 0.3 is 0 Å². The molecule has 3 heteroatoms. The van der Waals surface area contributed by atoms with E-state index in [0.29, 0.717) is 0 Å². The Morgan fingerprint density at radius 3 is 1.35 bits per heavy atom. The summed E-state index contributed by atoms with van der Waals surface area (Å²) >= 11 is 0. The number of hydrogen-bond donors (Lipinski definition) is 0. The third-order valence-corrected chi connectivity index (χ3v) is 2.36. The van der Waals surface area contributed by atoms with E-state index < -0.39 is 0 Å². The molecule has 2 aliphatic rings. The first-order valence-corrected chi connectivity index (χ1v) is 5.38. The average molecular weight is 436 g/mol. The molecule has 0 unspecified atom stereocenters. The molecule has 94 valence electrons. The summed E-state index contributed by atoms with van der Waals surface area (Å²) in [5, 5.41) is 0. The second-order valence-electron chi connectivity index (χ2n) is 3.37. The molecule has 0 N–H and O–H groups in total. The topological polar surface area (TPSA) is 0 Å². The predicted molar refractivity (Wildman–Crippen MR) is 61.6 cm³/mol. The first-order valence-electron chi connectivity index (χ1n) is 5.38. The molecule has 0 bridgehead atoms. The number of hydrogen-bond acceptors (Lipinski definition) is 0. The number of halogens is 2. The minimum atomic E-state index is 0. The van der Waals surface area contributed by atoms with Crippen LogP contribution in [0.25, 0.3) is 0 Å². The van der Waals surface area contributed by atoms with Crippen molar-refractivity contribution in [2.45, 2.75) is 39.5 Å². The molecular weight excluding hydrogens is 418 g/mol. The molecule has 0 amide bonds. The average Bonchev–Trinajstić information content (AvgIpc) is 2.92. The smallest absolute Gasteiger partial charge is 0 e. The minimum Gasteiger partial charge on any atom is -1.00 e. The van der Waals surface area contributed by atoms with Crippen molar-refractivity contribution < 1.29 is 50.7 Å². The molecule has 0 aromatic heterocycles. The fourth-order valence-corrected chi connectivity index (χ4v) is 1.37. The Balaban J connectivity index is -0.000000196. The first kappa shape index (κ1) is 22.6. The van der Waals surface area contributed by atoms with E-state index in [4.69, 9.17) is 0 Å². The standard InChI is InChI=1S/2C7H9.2ClH.Hf/c2*1-2-7-5-3-4-6-7;;;/h2*5-6H,2-3H2,1H3;2*1H;/p-2. The zero-order valence-corrected chi connectivity index (χ0v) is 15.5. The third kappa shape index (κ3) is 10.1. The molecule has 0 nitrogen and oxygen atoms in total. The summed E-state index contributed by atoms with van der Waals surface area (Å²) in [7, 11) is 0. The maximum atomic E-state index is 3.11. The largest absolute Gasteiger partial charge is 1.00 e. The first-order chi connectivity index (χ1) is 6.86. The Kier molecular flexibility index (Phi) is 19.2. The number of allylic oxidation sites excluding steroid dienone is 8. The molecule has 0 heterocycles. The van der Waals surface area contributed by atoms with Crippen LogP contribution in [0.5, 0.6) is 0 Å². The Labute approximate surface area is 137 Å². The fraction of sp³-hybridized carbons (Fsp3) is 0.429. The Bertz CT molecular complexity index is 259. The van der Waals surface area contributed by atoms with E-state index in [2.05, 4.69) is 50.3 Å². The van der Waals surface area contributed by atoms with Crippen LogP contribution in [0.3, 0.4) is 0 Å². The van der Waals surface area contributed by atoms with E-state index in [9.17, 15) is 0 Å². The van der Waals surface area contributed by atoms with Gasteiger partial charge in [-0.2, -0.15) is 0 Å². The van der Waals surface area contributed by atoms with Gasteiger partial charge in [0.2, 0.25) is 0 Å². The van der Waals surface area contributed by atoms with Gasteiger partial charge in [0.25, 0.3) is 0 Å². The second-order valence-corrected chi connectivity index (χ2v) is 3.37. The molecule has 0 fully saturated rings. The van der Waals surface area contributed by atoms with Crippen LogP contribution in [0.4, 0.5) is 0 Å². The van der Waals surface area contributed by atoms with E-state index >= 15 is 0 Å². The van der Waals surface area contributed by atoms with Crippen LogP contribution in [-0.4, -0.2) is 0 Å². The molecule has 17 heavy (non-hydrogen) atoms. The molecule has 0 aromatic carbocycles. The zero-order chi connectivity index (χ0) is 10.2. The van der Waals surface area contributed by atoms with Gasteiger partial charge in [-0.25, -0.2) is 0 Å². The van der Waals surface area contributed by atoms with Crippen molar-refractivity contribution in [3.63, 3.8) is 0 Å². The summed E-state index contributed by atoms with van der Waals surface area (Å²) < 4.78 is 0. The summed E-state index contributed by atoms with van der Waals surface area (Å²) in [5.41, 5.74) is 2.86. The molecule has 0 atom stereocenters. The van der Waals surface area contributed by atoms with Gasteiger partial charge in [-0.3, -0.25) is 0 Å². The third-order valence-electron chi connectivity index (χ3n) is 2.36. The summed E-state index contributed by atoms with van der Waals surface area (Å²) in [4.78, 5) is 0. The summed E-state index contributed by atoms with van der Waals surface area (Å²) in [5.74, 6) is 0. The quantitative estimate of drug-likeness (QED) is 0.448. The molecule has 0 saturated carbocycles. The van der Waals surface area contributed by atoms with E-state index in [0.717, 1.165) is 25.7 Å². The Morgan fingerprint density at radius 1 is 0.882 bits per heavy atom. The van der Waals surface area contributed by atoms with Gasteiger partial charge < -0.3 is 24.8 Å². The van der Waals surface area contributed by atoms with Gasteiger partial charge in [-0.1, -0.05) is 49.3 Å². The molecular formula is C14H18Cl2Hf-2. The van der Waals surface area contributed by atoms with Crippen molar-refractivity contribution in [3.05, 3.63) is 47.6 Å². The van der Waals surface area contributed by atoms with Crippen LogP contribution in [0.1, 0.15) is 39.5 Å². The fourth-order valence-electron chi connectivity index (χ4n) is 1.37. The SMILES string of the molecule is CCC1=CC[C]=C1.CCC1=CC[C]=C1.[Cl-].[Cl-].[Hf]. The van der Waals surface area contributed by atoms with Gasteiger partial charge in [0, 0.05) is 25.8 Å². The van der Waals surface area contributed by atoms with Crippen molar-refractivity contribution >= 4 is 0 Å². The van der Waals surface area contributed by atoms with E-state index in [1.165, 1.54) is 11.1 Å². The molecule has 2 radical (unpaired) electrons. The predicted octanol–water partition coefficient (Wildman–Crippen LogP) is -1.82. The van der Waals surface area contributed by atoms with Crippen molar-refractivity contribution in [2.75, 3.05) is 0 Å². The molecule has 2 aliphatic carbocycles. The van der Waals surface area contributed by atoms with Crippen molar-refractivity contribution in [2.24, 2.45) is 0 Å². The van der Waals surface area contributed by atoms with Gasteiger partial charge in [-0.15, -0.1) is 0 Å². The van der Waals surface area contributed by atoms with Gasteiger partial charge in [0.15, 0.2) is 0 Å². The van der Waals surface area contributed by atoms with Crippen LogP contribution < -0.4 is 24.8 Å². The van der Waals surface area contributed by atoms with E-state index in [-0.39, 0.29) is 50.7 Å².